The fraction of sp³-hybridized carbons (Fsp3) is 0.533. The van der Waals surface area contributed by atoms with Crippen molar-refractivity contribution in [1.29, 1.82) is 0 Å². The highest BCUT2D eigenvalue weighted by Crippen LogP contribution is 2.22. The van der Waals surface area contributed by atoms with Crippen LogP contribution in [0, 0.1) is 20.8 Å². The van der Waals surface area contributed by atoms with Gasteiger partial charge in [-0.3, -0.25) is 4.79 Å². The molecule has 2 rings (SSSR count). The van der Waals surface area contributed by atoms with E-state index in [1.807, 2.05) is 32.9 Å². The molecule has 1 aromatic rings. The molecule has 1 amide bonds. The second kappa shape index (κ2) is 6.15. The number of amides is 1. The average molecular weight is 310 g/mol. The van der Waals surface area contributed by atoms with E-state index in [4.69, 9.17) is 0 Å². The molecule has 1 atom stereocenters. The summed E-state index contributed by atoms with van der Waals surface area (Å²) in [7, 11) is -3.01. The number of rotatable bonds is 3. The lowest BCUT2D eigenvalue weighted by Gasteiger charge is -2.23. The van der Waals surface area contributed by atoms with Gasteiger partial charge in [0.2, 0.25) is 5.91 Å². The van der Waals surface area contributed by atoms with Gasteiger partial charge in [-0.25, -0.2) is 8.42 Å². The summed E-state index contributed by atoms with van der Waals surface area (Å²) in [4.78, 5) is 12.1. The molecule has 2 N–H and O–H groups in total. The molecule has 5 nitrogen and oxygen atoms in total. The molecule has 0 bridgehead atoms. The zero-order valence-electron chi connectivity index (χ0n) is 12.7. The summed E-state index contributed by atoms with van der Waals surface area (Å²) in [5, 5.41) is 6.00. The van der Waals surface area contributed by atoms with Crippen LogP contribution in [-0.2, 0) is 14.6 Å². The first kappa shape index (κ1) is 16.0. The van der Waals surface area contributed by atoms with Gasteiger partial charge in [0.15, 0.2) is 9.84 Å². The molecular weight excluding hydrogens is 288 g/mol. The molecule has 1 fully saturated rings. The molecule has 0 radical (unpaired) electrons. The Bertz CT molecular complexity index is 630. The maximum atomic E-state index is 12.1. The Morgan fingerprint density at radius 2 is 1.90 bits per heavy atom. The molecule has 1 aliphatic rings. The SMILES string of the molecule is Cc1cc(C)c(NC(=O)CC2CS(=O)(=O)CCN2)c(C)c1. The molecule has 21 heavy (non-hydrogen) atoms. The molecule has 0 spiro atoms. The van der Waals surface area contributed by atoms with Crippen LogP contribution in [0.1, 0.15) is 23.1 Å². The first-order chi connectivity index (χ1) is 9.77. The van der Waals surface area contributed by atoms with Crippen LogP contribution < -0.4 is 10.6 Å². The number of hydrogen-bond acceptors (Lipinski definition) is 4. The maximum absolute atomic E-state index is 12.1. The second-order valence-electron chi connectivity index (χ2n) is 5.79. The summed E-state index contributed by atoms with van der Waals surface area (Å²) in [6.45, 7) is 6.35. The summed E-state index contributed by atoms with van der Waals surface area (Å²) < 4.78 is 23.1. The normalized spacial score (nSPS) is 21.0. The van der Waals surface area contributed by atoms with Crippen molar-refractivity contribution in [2.45, 2.75) is 33.2 Å². The van der Waals surface area contributed by atoms with Crippen molar-refractivity contribution in [2.75, 3.05) is 23.4 Å². The largest absolute Gasteiger partial charge is 0.326 e. The van der Waals surface area contributed by atoms with Gasteiger partial charge >= 0.3 is 0 Å². The summed E-state index contributed by atoms with van der Waals surface area (Å²) in [5.41, 5.74) is 4.02. The Kier molecular flexibility index (Phi) is 4.68. The highest BCUT2D eigenvalue weighted by molar-refractivity contribution is 7.91. The number of carbonyl (C=O) groups is 1. The molecule has 1 unspecified atom stereocenters. The van der Waals surface area contributed by atoms with E-state index in [1.165, 1.54) is 0 Å². The second-order valence-corrected chi connectivity index (χ2v) is 8.02. The van der Waals surface area contributed by atoms with Crippen LogP contribution in [0.4, 0.5) is 5.69 Å². The van der Waals surface area contributed by atoms with E-state index in [9.17, 15) is 13.2 Å². The minimum atomic E-state index is -3.01. The van der Waals surface area contributed by atoms with E-state index in [0.717, 1.165) is 22.4 Å². The highest BCUT2D eigenvalue weighted by atomic mass is 32.2. The van der Waals surface area contributed by atoms with E-state index in [2.05, 4.69) is 10.6 Å². The minimum Gasteiger partial charge on any atom is -0.326 e. The van der Waals surface area contributed by atoms with Crippen molar-refractivity contribution in [1.82, 2.24) is 5.32 Å². The van der Waals surface area contributed by atoms with Crippen LogP contribution in [0.25, 0.3) is 0 Å². The lowest BCUT2D eigenvalue weighted by atomic mass is 10.0. The fourth-order valence-corrected chi connectivity index (χ4v) is 4.23. The third-order valence-electron chi connectivity index (χ3n) is 3.67. The van der Waals surface area contributed by atoms with Crippen molar-refractivity contribution in [3.05, 3.63) is 28.8 Å². The summed E-state index contributed by atoms with van der Waals surface area (Å²) >= 11 is 0. The van der Waals surface area contributed by atoms with Gasteiger partial charge in [-0.2, -0.15) is 0 Å². The van der Waals surface area contributed by atoms with E-state index < -0.39 is 9.84 Å². The van der Waals surface area contributed by atoms with E-state index in [-0.39, 0.29) is 29.9 Å². The number of sulfone groups is 1. The predicted molar refractivity (Wildman–Crippen MR) is 84.3 cm³/mol. The minimum absolute atomic E-state index is 0.0340. The molecular formula is C15H22N2O3S. The Hall–Kier alpha value is -1.40. The highest BCUT2D eigenvalue weighted by Gasteiger charge is 2.26. The van der Waals surface area contributed by atoms with Gasteiger partial charge in [-0.05, 0) is 31.9 Å². The van der Waals surface area contributed by atoms with Crippen molar-refractivity contribution < 1.29 is 13.2 Å². The van der Waals surface area contributed by atoms with Gasteiger partial charge in [0.25, 0.3) is 0 Å². The fourth-order valence-electron chi connectivity index (χ4n) is 2.79. The zero-order chi connectivity index (χ0) is 15.6. The van der Waals surface area contributed by atoms with Crippen molar-refractivity contribution in [2.24, 2.45) is 0 Å². The standard InChI is InChI=1S/C15H22N2O3S/c1-10-6-11(2)15(12(3)7-10)17-14(18)8-13-9-21(19,20)5-4-16-13/h6-7,13,16H,4-5,8-9H2,1-3H3,(H,17,18). The van der Waals surface area contributed by atoms with Gasteiger partial charge in [-0.15, -0.1) is 0 Å². The molecule has 1 aliphatic heterocycles. The quantitative estimate of drug-likeness (QED) is 0.883. The van der Waals surface area contributed by atoms with Crippen molar-refractivity contribution in [3.8, 4) is 0 Å². The summed E-state index contributed by atoms with van der Waals surface area (Å²) in [6.07, 6.45) is 0.173. The molecule has 0 aliphatic carbocycles. The van der Waals surface area contributed by atoms with Crippen molar-refractivity contribution in [3.63, 3.8) is 0 Å². The first-order valence-electron chi connectivity index (χ1n) is 7.08. The van der Waals surface area contributed by atoms with Crippen LogP contribution in [0.2, 0.25) is 0 Å². The number of anilines is 1. The van der Waals surface area contributed by atoms with Crippen LogP contribution in [-0.4, -0.2) is 38.4 Å². The van der Waals surface area contributed by atoms with E-state index >= 15 is 0 Å². The molecule has 6 heteroatoms. The molecule has 0 aromatic heterocycles. The van der Waals surface area contributed by atoms with Crippen LogP contribution in [0.5, 0.6) is 0 Å². The number of nitrogens with one attached hydrogen (secondary N) is 2. The molecule has 1 heterocycles. The average Bonchev–Trinajstić information content (AvgIpc) is 2.32. The van der Waals surface area contributed by atoms with Gasteiger partial charge in [0.1, 0.15) is 0 Å². The first-order valence-corrected chi connectivity index (χ1v) is 8.90. The number of benzene rings is 1. The van der Waals surface area contributed by atoms with E-state index in [0.29, 0.717) is 6.54 Å². The lowest BCUT2D eigenvalue weighted by Crippen LogP contribution is -2.46. The number of hydrogen-bond donors (Lipinski definition) is 2. The van der Waals surface area contributed by atoms with Gasteiger partial charge < -0.3 is 10.6 Å². The Morgan fingerprint density at radius 3 is 2.48 bits per heavy atom. The number of aryl methyl sites for hydroxylation is 3. The molecule has 0 saturated carbocycles. The monoisotopic (exact) mass is 310 g/mol. The lowest BCUT2D eigenvalue weighted by molar-refractivity contribution is -0.116. The summed E-state index contributed by atoms with van der Waals surface area (Å²) in [5.74, 6) is 0.0350. The topological polar surface area (TPSA) is 75.3 Å². The molecule has 116 valence electrons. The summed E-state index contributed by atoms with van der Waals surface area (Å²) in [6, 6.07) is 3.74. The Balaban J connectivity index is 2.02. The third kappa shape index (κ3) is 4.28. The van der Waals surface area contributed by atoms with Crippen LogP contribution >= 0.6 is 0 Å². The van der Waals surface area contributed by atoms with E-state index in [1.54, 1.807) is 0 Å². The third-order valence-corrected chi connectivity index (χ3v) is 5.41. The Morgan fingerprint density at radius 1 is 1.29 bits per heavy atom. The number of carbonyl (C=O) groups excluding carboxylic acids is 1. The van der Waals surface area contributed by atoms with Gasteiger partial charge in [0, 0.05) is 24.7 Å². The zero-order valence-corrected chi connectivity index (χ0v) is 13.5. The maximum Gasteiger partial charge on any atom is 0.225 e. The molecule has 1 saturated heterocycles. The smallest absolute Gasteiger partial charge is 0.225 e. The van der Waals surface area contributed by atoms with Gasteiger partial charge in [0.05, 0.1) is 11.5 Å². The Labute approximate surface area is 126 Å². The van der Waals surface area contributed by atoms with Crippen molar-refractivity contribution >= 4 is 21.4 Å². The predicted octanol–water partition coefficient (Wildman–Crippen LogP) is 1.33. The van der Waals surface area contributed by atoms with Crippen LogP contribution in [0.15, 0.2) is 12.1 Å². The molecule has 1 aromatic carbocycles. The van der Waals surface area contributed by atoms with Crippen LogP contribution in [0.3, 0.4) is 0 Å². The van der Waals surface area contributed by atoms with Gasteiger partial charge in [-0.1, -0.05) is 17.7 Å².